The first-order valence-electron chi connectivity index (χ1n) is 7.54. The number of rotatable bonds is 3. The highest BCUT2D eigenvalue weighted by molar-refractivity contribution is 9.10. The van der Waals surface area contributed by atoms with Crippen molar-refractivity contribution in [3.63, 3.8) is 0 Å². The summed E-state index contributed by atoms with van der Waals surface area (Å²) in [6.45, 7) is 4.62. The van der Waals surface area contributed by atoms with E-state index in [0.717, 1.165) is 13.2 Å². The molecule has 0 amide bonds. The number of hydrogen-bond acceptors (Lipinski definition) is 3. The zero-order valence-corrected chi connectivity index (χ0v) is 13.6. The van der Waals surface area contributed by atoms with Gasteiger partial charge < -0.3 is 10.5 Å². The van der Waals surface area contributed by atoms with Crippen molar-refractivity contribution in [3.05, 3.63) is 33.8 Å². The van der Waals surface area contributed by atoms with Crippen LogP contribution in [0.25, 0.3) is 0 Å². The van der Waals surface area contributed by atoms with Crippen molar-refractivity contribution in [2.75, 3.05) is 19.7 Å². The summed E-state index contributed by atoms with van der Waals surface area (Å²) in [5, 5.41) is 0. The molecule has 1 saturated heterocycles. The largest absolute Gasteiger partial charge is 0.375 e. The van der Waals surface area contributed by atoms with E-state index in [-0.39, 0.29) is 0 Å². The van der Waals surface area contributed by atoms with Crippen LogP contribution in [0.2, 0.25) is 0 Å². The van der Waals surface area contributed by atoms with E-state index < -0.39 is 0 Å². The third-order valence-electron chi connectivity index (χ3n) is 4.73. The summed E-state index contributed by atoms with van der Waals surface area (Å²) in [4.78, 5) is 2.58. The Morgan fingerprint density at radius 3 is 3.05 bits per heavy atom. The predicted octanol–water partition coefficient (Wildman–Crippen LogP) is 3.01. The normalized spacial score (nSPS) is 28.4. The monoisotopic (exact) mass is 338 g/mol. The zero-order valence-electron chi connectivity index (χ0n) is 12.0. The lowest BCUT2D eigenvalue weighted by atomic mass is 10.00. The summed E-state index contributed by atoms with van der Waals surface area (Å²) in [6.07, 6.45) is 4.15. The number of nitrogens with two attached hydrogens (primary N) is 1. The smallest absolute Gasteiger partial charge is 0.0731 e. The van der Waals surface area contributed by atoms with Crippen LogP contribution < -0.4 is 5.73 Å². The van der Waals surface area contributed by atoms with Crippen molar-refractivity contribution in [1.82, 2.24) is 4.90 Å². The first kappa shape index (κ1) is 14.5. The van der Waals surface area contributed by atoms with E-state index in [4.69, 9.17) is 10.5 Å². The molecular weight excluding hydrogens is 316 g/mol. The van der Waals surface area contributed by atoms with E-state index in [1.54, 1.807) is 0 Å². The fourth-order valence-electron chi connectivity index (χ4n) is 3.62. The second-order valence-electron chi connectivity index (χ2n) is 5.91. The average Bonchev–Trinajstić information content (AvgIpc) is 2.93. The molecule has 0 radical (unpaired) electrons. The Bertz CT molecular complexity index is 480. The number of nitrogens with zero attached hydrogens (tertiary/aromatic N) is 1. The molecule has 20 heavy (non-hydrogen) atoms. The summed E-state index contributed by atoms with van der Waals surface area (Å²) in [5.41, 5.74) is 8.69. The van der Waals surface area contributed by atoms with Crippen molar-refractivity contribution in [2.45, 2.75) is 44.4 Å². The molecule has 3 atom stereocenters. The number of halogens is 1. The van der Waals surface area contributed by atoms with Gasteiger partial charge in [-0.15, -0.1) is 0 Å². The molecule has 0 aromatic heterocycles. The maximum atomic E-state index is 6.11. The van der Waals surface area contributed by atoms with Gasteiger partial charge in [0.05, 0.1) is 12.7 Å². The van der Waals surface area contributed by atoms with Gasteiger partial charge in [0.25, 0.3) is 0 Å². The number of ether oxygens (including phenoxy) is 1. The fraction of sp³-hybridized carbons (Fsp3) is 0.625. The van der Waals surface area contributed by atoms with Crippen LogP contribution in [0.5, 0.6) is 0 Å². The van der Waals surface area contributed by atoms with Crippen molar-refractivity contribution < 1.29 is 4.74 Å². The molecule has 1 aromatic rings. The summed E-state index contributed by atoms with van der Waals surface area (Å²) in [5.74, 6) is 0. The van der Waals surface area contributed by atoms with Gasteiger partial charge in [0.1, 0.15) is 0 Å². The minimum absolute atomic E-state index is 0.307. The molecule has 110 valence electrons. The molecule has 1 saturated carbocycles. The van der Waals surface area contributed by atoms with Crippen LogP contribution in [-0.2, 0) is 4.74 Å². The highest BCUT2D eigenvalue weighted by Gasteiger charge is 2.39. The van der Waals surface area contributed by atoms with Gasteiger partial charge in [-0.25, -0.2) is 0 Å². The molecule has 4 heteroatoms. The highest BCUT2D eigenvalue weighted by Crippen LogP contribution is 2.35. The molecule has 2 N–H and O–H groups in total. The van der Waals surface area contributed by atoms with Gasteiger partial charge in [0, 0.05) is 29.6 Å². The summed E-state index contributed by atoms with van der Waals surface area (Å²) in [7, 11) is 0. The Kier molecular flexibility index (Phi) is 4.46. The Balaban J connectivity index is 1.86. The van der Waals surface area contributed by atoms with Gasteiger partial charge in [-0.2, -0.15) is 0 Å². The molecule has 1 aromatic carbocycles. The van der Waals surface area contributed by atoms with E-state index in [1.165, 1.54) is 34.9 Å². The third-order valence-corrected chi connectivity index (χ3v) is 5.58. The number of aryl methyl sites for hydroxylation is 1. The SMILES string of the molecule is Cc1ccc(C(CN)N2CCOC3CCCC32)cc1Br. The molecule has 0 spiro atoms. The highest BCUT2D eigenvalue weighted by atomic mass is 79.9. The third kappa shape index (κ3) is 2.67. The summed E-state index contributed by atoms with van der Waals surface area (Å²) >= 11 is 3.64. The topological polar surface area (TPSA) is 38.5 Å². The van der Waals surface area contributed by atoms with Crippen molar-refractivity contribution in [1.29, 1.82) is 0 Å². The predicted molar refractivity (Wildman–Crippen MR) is 84.8 cm³/mol. The summed E-state index contributed by atoms with van der Waals surface area (Å²) < 4.78 is 7.08. The van der Waals surface area contributed by atoms with Gasteiger partial charge in [-0.3, -0.25) is 4.90 Å². The van der Waals surface area contributed by atoms with Crippen molar-refractivity contribution >= 4 is 15.9 Å². The average molecular weight is 339 g/mol. The molecule has 3 unspecified atom stereocenters. The second-order valence-corrected chi connectivity index (χ2v) is 6.76. The van der Waals surface area contributed by atoms with E-state index in [2.05, 4.69) is 46.0 Å². The van der Waals surface area contributed by atoms with E-state index in [1.807, 2.05) is 0 Å². The molecule has 3 rings (SSSR count). The molecule has 1 aliphatic carbocycles. The quantitative estimate of drug-likeness (QED) is 0.920. The maximum absolute atomic E-state index is 6.11. The van der Waals surface area contributed by atoms with Crippen LogP contribution in [0.15, 0.2) is 22.7 Å². The Hall–Kier alpha value is -0.420. The molecule has 1 heterocycles. The second kappa shape index (κ2) is 6.14. The number of hydrogen-bond donors (Lipinski definition) is 1. The van der Waals surface area contributed by atoms with Gasteiger partial charge in [0.2, 0.25) is 0 Å². The van der Waals surface area contributed by atoms with Gasteiger partial charge in [-0.05, 0) is 43.4 Å². The van der Waals surface area contributed by atoms with Crippen molar-refractivity contribution in [2.24, 2.45) is 5.73 Å². The minimum Gasteiger partial charge on any atom is -0.375 e. The number of benzene rings is 1. The summed E-state index contributed by atoms with van der Waals surface area (Å²) in [6, 6.07) is 7.48. The van der Waals surface area contributed by atoms with Gasteiger partial charge in [-0.1, -0.05) is 28.1 Å². The maximum Gasteiger partial charge on any atom is 0.0731 e. The first-order chi connectivity index (χ1) is 9.70. The van der Waals surface area contributed by atoms with Crippen LogP contribution in [-0.4, -0.2) is 36.7 Å². The number of fused-ring (bicyclic) bond motifs is 1. The lowest BCUT2D eigenvalue weighted by Crippen LogP contribution is -2.51. The van der Waals surface area contributed by atoms with Crippen LogP contribution in [0.3, 0.4) is 0 Å². The molecule has 0 bridgehead atoms. The van der Waals surface area contributed by atoms with Gasteiger partial charge in [0.15, 0.2) is 0 Å². The Morgan fingerprint density at radius 2 is 2.30 bits per heavy atom. The van der Waals surface area contributed by atoms with Crippen LogP contribution in [0.1, 0.15) is 36.4 Å². The molecule has 1 aliphatic heterocycles. The Labute approximate surface area is 129 Å². The lowest BCUT2D eigenvalue weighted by molar-refractivity contribution is -0.0711. The van der Waals surface area contributed by atoms with Crippen molar-refractivity contribution in [3.8, 4) is 0 Å². The molecule has 2 aliphatic rings. The standard InChI is InChI=1S/C16H23BrN2O/c1-11-5-6-12(9-13(11)17)15(10-18)19-7-8-20-16-4-2-3-14(16)19/h5-6,9,14-16H,2-4,7-8,10,18H2,1H3. The molecular formula is C16H23BrN2O. The fourth-order valence-corrected chi connectivity index (χ4v) is 4.02. The minimum atomic E-state index is 0.307. The van der Waals surface area contributed by atoms with Gasteiger partial charge >= 0.3 is 0 Å². The van der Waals surface area contributed by atoms with Crippen LogP contribution in [0.4, 0.5) is 0 Å². The van der Waals surface area contributed by atoms with E-state index in [0.29, 0.717) is 24.7 Å². The first-order valence-corrected chi connectivity index (χ1v) is 8.33. The number of morpholine rings is 1. The Morgan fingerprint density at radius 1 is 1.45 bits per heavy atom. The molecule has 2 fully saturated rings. The zero-order chi connectivity index (χ0) is 14.1. The van der Waals surface area contributed by atoms with E-state index >= 15 is 0 Å². The molecule has 3 nitrogen and oxygen atoms in total. The van der Waals surface area contributed by atoms with Crippen LogP contribution in [0, 0.1) is 6.92 Å². The lowest BCUT2D eigenvalue weighted by Gasteiger charge is -2.42. The van der Waals surface area contributed by atoms with E-state index in [9.17, 15) is 0 Å². The van der Waals surface area contributed by atoms with Crippen LogP contribution >= 0.6 is 15.9 Å².